The summed E-state index contributed by atoms with van der Waals surface area (Å²) in [4.78, 5) is 19.6. The number of halogens is 2. The van der Waals surface area contributed by atoms with Crippen molar-refractivity contribution in [2.75, 3.05) is 13.1 Å². The van der Waals surface area contributed by atoms with Crippen LogP contribution in [0.25, 0.3) is 0 Å². The van der Waals surface area contributed by atoms with Crippen LogP contribution in [0.1, 0.15) is 62.4 Å². The second kappa shape index (κ2) is 16.4. The zero-order valence-electron chi connectivity index (χ0n) is 23.9. The summed E-state index contributed by atoms with van der Waals surface area (Å²) in [7, 11) is 0. The van der Waals surface area contributed by atoms with Gasteiger partial charge in [-0.25, -0.2) is 4.98 Å². The first-order chi connectivity index (χ1) is 19.7. The number of aromatic nitrogens is 2. The number of carbonyl (C=O) groups is 1. The number of nitrogens with zero attached hydrogens (tertiary/aromatic N) is 4. The first-order valence-electron chi connectivity index (χ1n) is 13.9. The molecule has 0 radical (unpaired) electrons. The Morgan fingerprint density at radius 1 is 1.17 bits per heavy atom. The van der Waals surface area contributed by atoms with Crippen LogP contribution in [0.4, 0.5) is 0 Å². The van der Waals surface area contributed by atoms with Crippen molar-refractivity contribution in [3.63, 3.8) is 0 Å². The van der Waals surface area contributed by atoms with Crippen LogP contribution in [-0.4, -0.2) is 44.6 Å². The lowest BCUT2D eigenvalue weighted by Gasteiger charge is -2.33. The van der Waals surface area contributed by atoms with Crippen LogP contribution in [0, 0.1) is 17.2 Å². The number of nitrogens with one attached hydrogen (secondary N) is 2. The van der Waals surface area contributed by atoms with E-state index in [0.29, 0.717) is 40.4 Å². The molecular formula is C31H38Cl2N6OS. The lowest BCUT2D eigenvalue weighted by Crippen LogP contribution is -2.51. The molecule has 0 saturated carbocycles. The molecule has 7 nitrogen and oxygen atoms in total. The number of hydrogen-bond acceptors (Lipinski definition) is 4. The summed E-state index contributed by atoms with van der Waals surface area (Å²) in [6.07, 6.45) is 6.92. The zero-order valence-corrected chi connectivity index (χ0v) is 26.2. The summed E-state index contributed by atoms with van der Waals surface area (Å²) in [5.41, 5.74) is 3.32. The Labute approximate surface area is 258 Å². The van der Waals surface area contributed by atoms with Crippen LogP contribution in [0.3, 0.4) is 0 Å². The summed E-state index contributed by atoms with van der Waals surface area (Å²) >= 11 is 18.6. The van der Waals surface area contributed by atoms with Crippen LogP contribution >= 0.6 is 35.4 Å². The van der Waals surface area contributed by atoms with Gasteiger partial charge in [0, 0.05) is 44.1 Å². The monoisotopic (exact) mass is 612 g/mol. The first-order valence-corrected chi connectivity index (χ1v) is 15.1. The standard InChI is InChI=1S/C31H38Cl2N6OS/c1-4-5-6-14-36-31(41)38(19-25-8-7-9-27(32)30(25)33)20-28(22(2)3)37-29(40)15-26-17-35-21-39(26)18-24-12-10-23(16-34)11-13-24/h7-13,17,21-22,28H,4-6,14-15,18-20H2,1-3H3,(H,36,41)(H,37,40)/t28-/m1/s1. The van der Waals surface area contributed by atoms with Crippen LogP contribution in [0.2, 0.25) is 10.0 Å². The summed E-state index contributed by atoms with van der Waals surface area (Å²) < 4.78 is 1.95. The van der Waals surface area contributed by atoms with E-state index in [0.717, 1.165) is 42.6 Å². The normalized spacial score (nSPS) is 11.6. The molecule has 0 saturated heterocycles. The lowest BCUT2D eigenvalue weighted by atomic mass is 10.0. The predicted octanol–water partition coefficient (Wildman–Crippen LogP) is 6.36. The third-order valence-corrected chi connectivity index (χ3v) is 8.14. The summed E-state index contributed by atoms with van der Waals surface area (Å²) in [6, 6.07) is 15.0. The molecule has 1 amide bonds. The van der Waals surface area contributed by atoms with Gasteiger partial charge in [-0.3, -0.25) is 4.79 Å². The first kappa shape index (κ1) is 32.4. The maximum Gasteiger partial charge on any atom is 0.226 e. The Balaban J connectivity index is 1.70. The lowest BCUT2D eigenvalue weighted by molar-refractivity contribution is -0.121. The molecule has 2 N–H and O–H groups in total. The maximum atomic E-state index is 13.3. The Morgan fingerprint density at radius 2 is 1.93 bits per heavy atom. The summed E-state index contributed by atoms with van der Waals surface area (Å²) in [6.45, 7) is 8.67. The third-order valence-electron chi connectivity index (χ3n) is 6.88. The number of thiocarbonyl (C=S) groups is 1. The molecule has 41 heavy (non-hydrogen) atoms. The van der Waals surface area contributed by atoms with Crippen molar-refractivity contribution < 1.29 is 4.79 Å². The fourth-order valence-corrected chi connectivity index (χ4v) is 5.00. The molecule has 0 spiro atoms. The minimum atomic E-state index is -0.161. The minimum Gasteiger partial charge on any atom is -0.363 e. The molecule has 10 heteroatoms. The number of hydrogen-bond donors (Lipinski definition) is 2. The molecule has 1 atom stereocenters. The van der Waals surface area contributed by atoms with Crippen LogP contribution in [-0.2, 0) is 24.3 Å². The molecule has 0 unspecified atom stereocenters. The van der Waals surface area contributed by atoms with Crippen molar-refractivity contribution in [2.45, 2.75) is 65.6 Å². The van der Waals surface area contributed by atoms with Crippen LogP contribution < -0.4 is 10.6 Å². The van der Waals surface area contributed by atoms with Gasteiger partial charge in [0.25, 0.3) is 0 Å². The number of nitriles is 1. The highest BCUT2D eigenvalue weighted by atomic mass is 35.5. The van der Waals surface area contributed by atoms with Gasteiger partial charge in [0.1, 0.15) is 0 Å². The van der Waals surface area contributed by atoms with Crippen LogP contribution in [0.15, 0.2) is 55.0 Å². The molecule has 0 aliphatic carbocycles. The van der Waals surface area contributed by atoms with Crippen molar-refractivity contribution in [1.29, 1.82) is 5.26 Å². The van der Waals surface area contributed by atoms with E-state index >= 15 is 0 Å². The van der Waals surface area contributed by atoms with E-state index in [9.17, 15) is 4.79 Å². The molecule has 3 rings (SSSR count). The van der Waals surface area contributed by atoms with Crippen molar-refractivity contribution >= 4 is 46.4 Å². The molecule has 2 aromatic carbocycles. The quantitative estimate of drug-likeness (QED) is 0.163. The van der Waals surface area contributed by atoms with E-state index in [-0.39, 0.29) is 24.3 Å². The predicted molar refractivity (Wildman–Crippen MR) is 170 cm³/mol. The van der Waals surface area contributed by atoms with E-state index in [1.165, 1.54) is 0 Å². The van der Waals surface area contributed by atoms with E-state index in [4.69, 9.17) is 40.7 Å². The SMILES string of the molecule is CCCCCNC(=S)N(Cc1cccc(Cl)c1Cl)C[C@@H](NC(=O)Cc1cncn1Cc1ccc(C#N)cc1)C(C)C. The Morgan fingerprint density at radius 3 is 2.61 bits per heavy atom. The highest BCUT2D eigenvalue weighted by Crippen LogP contribution is 2.27. The molecule has 1 heterocycles. The zero-order chi connectivity index (χ0) is 29.8. The number of imidazole rings is 1. The Hall–Kier alpha value is -3.12. The largest absolute Gasteiger partial charge is 0.363 e. The van der Waals surface area contributed by atoms with Crippen molar-refractivity contribution in [2.24, 2.45) is 5.92 Å². The molecule has 3 aromatic rings. The average Bonchev–Trinajstić information content (AvgIpc) is 3.38. The maximum absolute atomic E-state index is 13.3. The van der Waals surface area contributed by atoms with Gasteiger partial charge in [0.15, 0.2) is 5.11 Å². The third kappa shape index (κ3) is 10.0. The molecule has 0 aliphatic rings. The van der Waals surface area contributed by atoms with E-state index in [1.54, 1.807) is 30.7 Å². The Bertz CT molecular complexity index is 1340. The van der Waals surface area contributed by atoms with Gasteiger partial charge in [-0.2, -0.15) is 5.26 Å². The Kier molecular flexibility index (Phi) is 12.9. The average molecular weight is 614 g/mol. The molecule has 1 aromatic heterocycles. The second-order valence-corrected chi connectivity index (χ2v) is 11.6. The number of rotatable bonds is 14. The smallest absolute Gasteiger partial charge is 0.226 e. The number of amides is 1. The molecule has 0 aliphatic heterocycles. The molecule has 0 bridgehead atoms. The van der Waals surface area contributed by atoms with Gasteiger partial charge in [-0.15, -0.1) is 0 Å². The van der Waals surface area contributed by atoms with E-state index in [1.807, 2.05) is 28.8 Å². The number of unbranched alkanes of at least 4 members (excludes halogenated alkanes) is 2. The van der Waals surface area contributed by atoms with E-state index in [2.05, 4.69) is 47.4 Å². The van der Waals surface area contributed by atoms with Crippen LogP contribution in [0.5, 0.6) is 0 Å². The van der Waals surface area contributed by atoms with Crippen molar-refractivity contribution in [1.82, 2.24) is 25.1 Å². The number of benzene rings is 2. The van der Waals surface area contributed by atoms with Gasteiger partial charge in [-0.1, -0.05) is 81.1 Å². The fraction of sp³-hybridized carbons (Fsp3) is 0.419. The molecular weight excluding hydrogens is 575 g/mol. The topological polar surface area (TPSA) is 86.0 Å². The van der Waals surface area contributed by atoms with Gasteiger partial charge < -0.3 is 20.1 Å². The van der Waals surface area contributed by atoms with Gasteiger partial charge in [0.05, 0.1) is 34.4 Å². The van der Waals surface area contributed by atoms with Crippen molar-refractivity contribution in [3.8, 4) is 6.07 Å². The minimum absolute atomic E-state index is 0.0900. The van der Waals surface area contributed by atoms with Gasteiger partial charge >= 0.3 is 0 Å². The van der Waals surface area contributed by atoms with Gasteiger partial charge in [-0.05, 0) is 53.9 Å². The fourth-order valence-electron chi connectivity index (χ4n) is 4.38. The van der Waals surface area contributed by atoms with Gasteiger partial charge in [0.2, 0.25) is 5.91 Å². The highest BCUT2D eigenvalue weighted by Gasteiger charge is 2.23. The molecule has 218 valence electrons. The summed E-state index contributed by atoms with van der Waals surface area (Å²) in [5, 5.41) is 17.3. The second-order valence-electron chi connectivity index (χ2n) is 10.4. The molecule has 0 fully saturated rings. The number of carbonyl (C=O) groups excluding carboxylic acids is 1. The van der Waals surface area contributed by atoms with E-state index < -0.39 is 0 Å². The summed E-state index contributed by atoms with van der Waals surface area (Å²) in [5.74, 6) is 0.0653. The highest BCUT2D eigenvalue weighted by molar-refractivity contribution is 7.80. The van der Waals surface area contributed by atoms with Crippen molar-refractivity contribution in [3.05, 3.63) is 87.4 Å².